The molecule has 166 valence electrons. The zero-order valence-electron chi connectivity index (χ0n) is 17.1. The zero-order chi connectivity index (χ0) is 22.6. The van der Waals surface area contributed by atoms with Gasteiger partial charge in [0.2, 0.25) is 5.75 Å². The van der Waals surface area contributed by atoms with Gasteiger partial charge in [0, 0.05) is 42.5 Å². The number of hydrogen-bond donors (Lipinski definition) is 0. The van der Waals surface area contributed by atoms with Gasteiger partial charge in [-0.1, -0.05) is 49.9 Å². The largest absolute Gasteiger partial charge is 0.419 e. The lowest BCUT2D eigenvalue weighted by Crippen LogP contribution is -2.11. The van der Waals surface area contributed by atoms with Gasteiger partial charge >= 0.3 is 11.7 Å². The molecule has 0 saturated carbocycles. The molecule has 0 aliphatic heterocycles. The van der Waals surface area contributed by atoms with E-state index < -0.39 is 15.8 Å². The molecule has 2 aromatic carbocycles. The minimum Gasteiger partial charge on any atom is -0.419 e. The van der Waals surface area contributed by atoms with Gasteiger partial charge in [0.15, 0.2) is 0 Å². The molecule has 0 N–H and O–H groups in total. The number of nitro groups is 2. The van der Waals surface area contributed by atoms with Crippen LogP contribution in [-0.4, -0.2) is 21.7 Å². The topological polar surface area (TPSA) is 113 Å². The number of carbonyl (C=O) groups is 1. The van der Waals surface area contributed by atoms with Gasteiger partial charge in [-0.3, -0.25) is 25.0 Å². The number of esters is 1. The normalized spacial score (nSPS) is 10.6. The number of nitrogens with zero attached hydrogens (tertiary/aromatic N) is 2. The number of benzene rings is 2. The highest BCUT2D eigenvalue weighted by Gasteiger charge is 2.22. The average molecular weight is 449 g/mol. The van der Waals surface area contributed by atoms with Crippen LogP contribution in [0.1, 0.15) is 56.1 Å². The van der Waals surface area contributed by atoms with Crippen molar-refractivity contribution >= 4 is 28.9 Å². The third-order valence-corrected chi connectivity index (χ3v) is 5.06. The number of nitro benzene ring substituents is 2. The Balaban J connectivity index is 2.04. The molecule has 0 amide bonds. The fourth-order valence-corrected chi connectivity index (χ4v) is 3.35. The predicted molar refractivity (Wildman–Crippen MR) is 118 cm³/mol. The Morgan fingerprint density at radius 3 is 2.13 bits per heavy atom. The molecule has 0 heterocycles. The van der Waals surface area contributed by atoms with Crippen molar-refractivity contribution in [1.29, 1.82) is 0 Å². The number of alkyl halides is 1. The maximum atomic E-state index is 12.3. The SMILES string of the molecule is O=C(CCCCCCCCCl)Oc1c(Cc2ccc([N+](=O)[O-])cc2)cccc1[N+](=O)[O-]. The number of carbonyl (C=O) groups excluding carboxylic acids is 1. The summed E-state index contributed by atoms with van der Waals surface area (Å²) in [5.41, 5.74) is 0.851. The third-order valence-electron chi connectivity index (χ3n) is 4.79. The van der Waals surface area contributed by atoms with Gasteiger partial charge in [-0.2, -0.15) is 0 Å². The van der Waals surface area contributed by atoms with E-state index in [-0.39, 0.29) is 30.0 Å². The van der Waals surface area contributed by atoms with E-state index >= 15 is 0 Å². The Hall–Kier alpha value is -3.00. The van der Waals surface area contributed by atoms with Crippen LogP contribution in [0.4, 0.5) is 11.4 Å². The molecule has 2 aromatic rings. The minimum atomic E-state index is -0.585. The first-order valence-electron chi connectivity index (χ1n) is 10.2. The first-order chi connectivity index (χ1) is 14.9. The summed E-state index contributed by atoms with van der Waals surface area (Å²) in [5.74, 6) is 0.0719. The third kappa shape index (κ3) is 7.97. The summed E-state index contributed by atoms with van der Waals surface area (Å²) < 4.78 is 5.41. The van der Waals surface area contributed by atoms with Crippen LogP contribution in [0.3, 0.4) is 0 Å². The van der Waals surface area contributed by atoms with E-state index in [1.807, 2.05) is 0 Å². The van der Waals surface area contributed by atoms with E-state index in [4.69, 9.17) is 16.3 Å². The molecule has 0 fully saturated rings. The smallest absolute Gasteiger partial charge is 0.311 e. The fourth-order valence-electron chi connectivity index (χ4n) is 3.16. The summed E-state index contributed by atoms with van der Waals surface area (Å²) in [6.45, 7) is 0. The monoisotopic (exact) mass is 448 g/mol. The lowest BCUT2D eigenvalue weighted by molar-refractivity contribution is -0.385. The maximum Gasteiger partial charge on any atom is 0.311 e. The van der Waals surface area contributed by atoms with Gasteiger partial charge < -0.3 is 4.74 Å². The molecule has 31 heavy (non-hydrogen) atoms. The standard InChI is InChI=1S/C22H25ClN2O6/c23-15-6-4-2-1-3-5-10-21(26)31-22-18(8-7-9-20(22)25(29)30)16-17-11-13-19(14-12-17)24(27)28/h7-9,11-14H,1-6,10,15-16H2. The molecule has 0 aromatic heterocycles. The molecule has 0 saturated heterocycles. The Bertz CT molecular complexity index is 901. The van der Waals surface area contributed by atoms with Gasteiger partial charge in [-0.25, -0.2) is 0 Å². The van der Waals surface area contributed by atoms with E-state index in [0.29, 0.717) is 23.4 Å². The summed E-state index contributed by atoms with van der Waals surface area (Å²) in [7, 11) is 0. The van der Waals surface area contributed by atoms with E-state index in [1.165, 1.54) is 24.3 Å². The number of rotatable bonds is 13. The predicted octanol–water partition coefficient (Wildman–Crippen LogP) is 5.97. The zero-order valence-corrected chi connectivity index (χ0v) is 17.9. The summed E-state index contributed by atoms with van der Waals surface area (Å²) in [4.78, 5) is 33.5. The summed E-state index contributed by atoms with van der Waals surface area (Å²) >= 11 is 5.64. The molecule has 2 rings (SSSR count). The highest BCUT2D eigenvalue weighted by atomic mass is 35.5. The molecule has 0 aliphatic rings. The van der Waals surface area contributed by atoms with Crippen molar-refractivity contribution in [1.82, 2.24) is 0 Å². The molecule has 0 spiro atoms. The number of halogens is 1. The molecular formula is C22H25ClN2O6. The second-order valence-corrected chi connectivity index (χ2v) is 7.54. The van der Waals surface area contributed by atoms with Crippen LogP contribution in [0.15, 0.2) is 42.5 Å². The second-order valence-electron chi connectivity index (χ2n) is 7.16. The molecule has 8 nitrogen and oxygen atoms in total. The van der Waals surface area contributed by atoms with Gasteiger partial charge in [-0.05, 0) is 18.4 Å². The Kier molecular flexibility index (Phi) is 9.90. The van der Waals surface area contributed by atoms with Crippen LogP contribution in [-0.2, 0) is 11.2 Å². The summed E-state index contributed by atoms with van der Waals surface area (Å²) in [6, 6.07) is 10.3. The lowest BCUT2D eigenvalue weighted by Gasteiger charge is -2.11. The lowest BCUT2D eigenvalue weighted by atomic mass is 10.0. The number of unbranched alkanes of at least 4 members (excludes halogenated alkanes) is 5. The van der Waals surface area contributed by atoms with Crippen molar-refractivity contribution in [3.8, 4) is 5.75 Å². The first kappa shape index (κ1) is 24.3. The van der Waals surface area contributed by atoms with Crippen LogP contribution >= 0.6 is 11.6 Å². The van der Waals surface area contributed by atoms with Crippen molar-refractivity contribution in [3.05, 3.63) is 73.8 Å². The van der Waals surface area contributed by atoms with Crippen molar-refractivity contribution in [2.75, 3.05) is 5.88 Å². The van der Waals surface area contributed by atoms with Crippen LogP contribution in [0.25, 0.3) is 0 Å². The van der Waals surface area contributed by atoms with Gasteiger partial charge in [0.05, 0.1) is 9.85 Å². The Morgan fingerprint density at radius 2 is 1.52 bits per heavy atom. The molecule has 9 heteroatoms. The van der Waals surface area contributed by atoms with Gasteiger partial charge in [0.1, 0.15) is 0 Å². The van der Waals surface area contributed by atoms with Crippen molar-refractivity contribution in [3.63, 3.8) is 0 Å². The highest BCUT2D eigenvalue weighted by Crippen LogP contribution is 2.33. The molecular weight excluding hydrogens is 424 g/mol. The molecule has 0 atom stereocenters. The number of para-hydroxylation sites is 1. The number of hydrogen-bond acceptors (Lipinski definition) is 6. The second kappa shape index (κ2) is 12.6. The number of non-ortho nitro benzene ring substituents is 1. The Labute approximate surface area is 185 Å². The van der Waals surface area contributed by atoms with E-state index in [2.05, 4.69) is 0 Å². The average Bonchev–Trinajstić information content (AvgIpc) is 2.74. The maximum absolute atomic E-state index is 12.3. The molecule has 0 aliphatic carbocycles. The first-order valence-corrected chi connectivity index (χ1v) is 10.7. The van der Waals surface area contributed by atoms with E-state index in [1.54, 1.807) is 18.2 Å². The van der Waals surface area contributed by atoms with Gasteiger partial charge in [0.25, 0.3) is 5.69 Å². The van der Waals surface area contributed by atoms with Crippen LogP contribution in [0.2, 0.25) is 0 Å². The fraction of sp³-hybridized carbons (Fsp3) is 0.409. The summed E-state index contributed by atoms with van der Waals surface area (Å²) in [5, 5.41) is 22.3. The van der Waals surface area contributed by atoms with E-state index in [0.717, 1.165) is 32.1 Å². The molecule has 0 bridgehead atoms. The van der Waals surface area contributed by atoms with Crippen LogP contribution < -0.4 is 4.74 Å². The highest BCUT2D eigenvalue weighted by molar-refractivity contribution is 6.17. The van der Waals surface area contributed by atoms with Crippen LogP contribution in [0, 0.1) is 20.2 Å². The molecule has 0 unspecified atom stereocenters. The van der Waals surface area contributed by atoms with Gasteiger partial charge in [-0.15, -0.1) is 11.6 Å². The van der Waals surface area contributed by atoms with Crippen molar-refractivity contribution < 1.29 is 19.4 Å². The van der Waals surface area contributed by atoms with Crippen molar-refractivity contribution in [2.45, 2.75) is 51.4 Å². The van der Waals surface area contributed by atoms with Crippen molar-refractivity contribution in [2.24, 2.45) is 0 Å². The quantitative estimate of drug-likeness (QED) is 0.0931. The number of ether oxygens (including phenoxy) is 1. The Morgan fingerprint density at radius 1 is 0.871 bits per heavy atom. The summed E-state index contributed by atoms with van der Waals surface area (Å²) in [6.07, 6.45) is 6.06. The minimum absolute atomic E-state index is 0.0444. The van der Waals surface area contributed by atoms with Crippen LogP contribution in [0.5, 0.6) is 5.75 Å². The van der Waals surface area contributed by atoms with E-state index in [9.17, 15) is 25.0 Å². The molecule has 0 radical (unpaired) electrons.